The molecular weight excluding hydrogens is 342 g/mol. The molecule has 0 aromatic carbocycles. The summed E-state index contributed by atoms with van der Waals surface area (Å²) in [6, 6.07) is 0.0469. The van der Waals surface area contributed by atoms with Gasteiger partial charge in [0.05, 0.1) is 24.4 Å². The summed E-state index contributed by atoms with van der Waals surface area (Å²) in [5, 5.41) is 0. The summed E-state index contributed by atoms with van der Waals surface area (Å²) >= 11 is 0. The number of hydroxylamine groups is 3. The summed E-state index contributed by atoms with van der Waals surface area (Å²) in [5.41, 5.74) is 9.17. The first-order valence-electron chi connectivity index (χ1n) is 10.9. The van der Waals surface area contributed by atoms with Crippen LogP contribution < -0.4 is 16.4 Å². The van der Waals surface area contributed by atoms with Crippen LogP contribution in [0.5, 0.6) is 0 Å². The molecule has 0 saturated carbocycles. The zero-order valence-electron chi connectivity index (χ0n) is 19.2. The van der Waals surface area contributed by atoms with E-state index in [1.807, 2.05) is 0 Å². The third-order valence-electron chi connectivity index (χ3n) is 4.85. The Morgan fingerprint density at radius 3 is 2.22 bits per heavy atom. The molecule has 0 bridgehead atoms. The van der Waals surface area contributed by atoms with E-state index in [4.69, 9.17) is 14.5 Å². The summed E-state index contributed by atoms with van der Waals surface area (Å²) in [7, 11) is 0. The van der Waals surface area contributed by atoms with Crippen molar-refractivity contribution in [3.63, 3.8) is 0 Å². The van der Waals surface area contributed by atoms with Crippen LogP contribution in [0.1, 0.15) is 87.5 Å². The third-order valence-corrected chi connectivity index (χ3v) is 4.85. The number of hydrogen-bond donors (Lipinski definition) is 3. The molecule has 3 unspecified atom stereocenters. The van der Waals surface area contributed by atoms with E-state index in [9.17, 15) is 0 Å². The average molecular weight is 390 g/mol. The van der Waals surface area contributed by atoms with Gasteiger partial charge in [-0.3, -0.25) is 9.68 Å². The molecule has 6 heteroatoms. The maximum Gasteiger partial charge on any atom is 0.0840 e. The largest absolute Gasteiger partial charge is 0.301 e. The van der Waals surface area contributed by atoms with Gasteiger partial charge >= 0.3 is 0 Å². The van der Waals surface area contributed by atoms with Crippen LogP contribution in [-0.2, 0) is 14.5 Å². The summed E-state index contributed by atoms with van der Waals surface area (Å²) in [6.07, 6.45) is 5.61. The Bertz CT molecular complexity index is 341. The Labute approximate surface area is 168 Å². The molecule has 0 aliphatic carbocycles. The Balaban J connectivity index is 4.27. The fourth-order valence-electron chi connectivity index (χ4n) is 2.61. The van der Waals surface area contributed by atoms with Crippen molar-refractivity contribution < 1.29 is 14.5 Å². The highest BCUT2D eigenvalue weighted by molar-refractivity contribution is 4.69. The summed E-state index contributed by atoms with van der Waals surface area (Å²) in [6.45, 7) is 19.3. The monoisotopic (exact) mass is 389 g/mol. The van der Waals surface area contributed by atoms with Gasteiger partial charge < -0.3 is 4.84 Å². The van der Waals surface area contributed by atoms with Crippen LogP contribution in [0, 0.1) is 11.8 Å². The molecule has 0 rings (SSSR count). The van der Waals surface area contributed by atoms with Crippen LogP contribution in [0.2, 0.25) is 0 Å². The molecule has 164 valence electrons. The van der Waals surface area contributed by atoms with Crippen LogP contribution >= 0.6 is 0 Å². The third kappa shape index (κ3) is 15.4. The number of rotatable bonds is 18. The van der Waals surface area contributed by atoms with Crippen molar-refractivity contribution in [1.82, 2.24) is 16.4 Å². The van der Waals surface area contributed by atoms with Crippen LogP contribution in [0.4, 0.5) is 0 Å². The lowest BCUT2D eigenvalue weighted by atomic mass is 10.0. The molecule has 0 aromatic heterocycles. The zero-order chi connectivity index (χ0) is 20.7. The van der Waals surface area contributed by atoms with Gasteiger partial charge in [-0.15, -0.1) is 0 Å². The molecule has 3 N–H and O–H groups in total. The van der Waals surface area contributed by atoms with Crippen molar-refractivity contribution in [3.8, 4) is 0 Å². The minimum atomic E-state index is -0.174. The van der Waals surface area contributed by atoms with Crippen molar-refractivity contribution in [2.75, 3.05) is 19.7 Å². The van der Waals surface area contributed by atoms with Gasteiger partial charge in [0.2, 0.25) is 0 Å². The van der Waals surface area contributed by atoms with Crippen LogP contribution in [0.25, 0.3) is 0 Å². The van der Waals surface area contributed by atoms with E-state index in [0.717, 1.165) is 25.7 Å². The quantitative estimate of drug-likeness (QED) is 0.239. The normalized spacial score (nSPS) is 15.9. The molecule has 3 atom stereocenters. The van der Waals surface area contributed by atoms with Gasteiger partial charge in [0.15, 0.2) is 0 Å². The van der Waals surface area contributed by atoms with E-state index in [-0.39, 0.29) is 17.7 Å². The second kappa shape index (κ2) is 15.7. The van der Waals surface area contributed by atoms with Gasteiger partial charge in [-0.05, 0) is 51.9 Å². The fourth-order valence-corrected chi connectivity index (χ4v) is 2.61. The first-order chi connectivity index (χ1) is 12.7. The second-order valence-electron chi connectivity index (χ2n) is 8.72. The summed E-state index contributed by atoms with van der Waals surface area (Å²) in [4.78, 5) is 17.2. The summed E-state index contributed by atoms with van der Waals surface area (Å²) < 4.78 is 0. The molecule has 27 heavy (non-hydrogen) atoms. The maximum absolute atomic E-state index is 5.83. The Morgan fingerprint density at radius 1 is 0.963 bits per heavy atom. The van der Waals surface area contributed by atoms with Crippen LogP contribution in [-0.4, -0.2) is 37.4 Å². The first-order valence-corrected chi connectivity index (χ1v) is 10.9. The van der Waals surface area contributed by atoms with E-state index < -0.39 is 0 Å². The van der Waals surface area contributed by atoms with Gasteiger partial charge in [0.1, 0.15) is 0 Å². The molecule has 0 spiro atoms. The molecule has 0 aliphatic rings. The molecule has 0 fully saturated rings. The molecule has 0 heterocycles. The minimum absolute atomic E-state index is 0.0469. The van der Waals surface area contributed by atoms with Gasteiger partial charge in [0.25, 0.3) is 0 Å². The van der Waals surface area contributed by atoms with Crippen molar-refractivity contribution in [2.45, 2.75) is 105 Å². The predicted octanol–water partition coefficient (Wildman–Crippen LogP) is 4.37. The van der Waals surface area contributed by atoms with Crippen LogP contribution in [0.3, 0.4) is 0 Å². The molecule has 0 amide bonds. The maximum atomic E-state index is 5.83. The molecule has 0 aliphatic heterocycles. The number of hydrogen-bond acceptors (Lipinski definition) is 6. The van der Waals surface area contributed by atoms with Crippen LogP contribution in [0.15, 0.2) is 0 Å². The standard InChI is InChI=1S/C21H47N3O3/c1-9-13-21(7,8)27-23-16-20(24-25-14-11-12-17(3)4)15-22-26-19(6)18(5)10-2/h17-20,22-24H,9-16H2,1-8H3. The van der Waals surface area contributed by atoms with Crippen molar-refractivity contribution in [2.24, 2.45) is 11.8 Å². The summed E-state index contributed by atoms with van der Waals surface area (Å²) in [5.74, 6) is 1.23. The lowest BCUT2D eigenvalue weighted by Gasteiger charge is -2.27. The number of nitrogens with one attached hydrogen (secondary N) is 3. The van der Waals surface area contributed by atoms with E-state index in [0.29, 0.717) is 31.5 Å². The Kier molecular flexibility index (Phi) is 15.5. The molecule has 0 radical (unpaired) electrons. The van der Waals surface area contributed by atoms with E-state index in [1.54, 1.807) is 0 Å². The topological polar surface area (TPSA) is 63.8 Å². The van der Waals surface area contributed by atoms with Gasteiger partial charge in [-0.25, -0.2) is 11.0 Å². The molecule has 6 nitrogen and oxygen atoms in total. The van der Waals surface area contributed by atoms with E-state index >= 15 is 0 Å². The van der Waals surface area contributed by atoms with E-state index in [2.05, 4.69) is 71.8 Å². The Hall–Kier alpha value is -0.240. The van der Waals surface area contributed by atoms with Gasteiger partial charge in [-0.2, -0.15) is 5.48 Å². The van der Waals surface area contributed by atoms with Crippen molar-refractivity contribution in [1.29, 1.82) is 0 Å². The van der Waals surface area contributed by atoms with Crippen molar-refractivity contribution >= 4 is 0 Å². The average Bonchev–Trinajstić information content (AvgIpc) is 2.59. The SMILES string of the molecule is CCCC(C)(C)ONCC(CNOC(C)C(C)CC)NOCCCC(C)C. The highest BCUT2D eigenvalue weighted by Gasteiger charge is 2.19. The molecular formula is C21H47N3O3. The fraction of sp³-hybridized carbons (Fsp3) is 1.00. The smallest absolute Gasteiger partial charge is 0.0840 e. The van der Waals surface area contributed by atoms with E-state index in [1.165, 1.54) is 6.42 Å². The Morgan fingerprint density at radius 2 is 1.63 bits per heavy atom. The second-order valence-corrected chi connectivity index (χ2v) is 8.72. The lowest BCUT2D eigenvalue weighted by Crippen LogP contribution is -2.47. The van der Waals surface area contributed by atoms with Gasteiger partial charge in [-0.1, -0.05) is 47.5 Å². The predicted molar refractivity (Wildman–Crippen MR) is 113 cm³/mol. The lowest BCUT2D eigenvalue weighted by molar-refractivity contribution is -0.102. The highest BCUT2D eigenvalue weighted by Crippen LogP contribution is 2.14. The first kappa shape index (κ1) is 26.8. The van der Waals surface area contributed by atoms with Gasteiger partial charge in [0, 0.05) is 13.1 Å². The van der Waals surface area contributed by atoms with Crippen molar-refractivity contribution in [3.05, 3.63) is 0 Å². The minimum Gasteiger partial charge on any atom is -0.301 e. The zero-order valence-corrected chi connectivity index (χ0v) is 19.2. The molecule has 0 saturated heterocycles. The highest BCUT2D eigenvalue weighted by atomic mass is 16.7. The molecule has 0 aromatic rings.